The molecule has 0 fully saturated rings. The SMILES string of the molecule is CCN(CC(C)C)CC1CNc2ccccc21. The second kappa shape index (κ2) is 5.54. The summed E-state index contributed by atoms with van der Waals surface area (Å²) in [6.07, 6.45) is 0. The highest BCUT2D eigenvalue weighted by molar-refractivity contribution is 5.57. The lowest BCUT2D eigenvalue weighted by Crippen LogP contribution is -2.32. The van der Waals surface area contributed by atoms with E-state index in [0.717, 1.165) is 19.0 Å². The maximum Gasteiger partial charge on any atom is 0.0376 e. The first kappa shape index (κ1) is 12.4. The molecule has 0 bridgehead atoms. The largest absolute Gasteiger partial charge is 0.384 e. The molecule has 0 aromatic heterocycles. The molecule has 1 heterocycles. The minimum Gasteiger partial charge on any atom is -0.384 e. The first-order chi connectivity index (χ1) is 8.20. The summed E-state index contributed by atoms with van der Waals surface area (Å²) in [4.78, 5) is 2.57. The molecule has 1 atom stereocenters. The maximum atomic E-state index is 3.51. The Balaban J connectivity index is 2.00. The van der Waals surface area contributed by atoms with Crippen LogP contribution >= 0.6 is 0 Å². The molecule has 1 aliphatic rings. The summed E-state index contributed by atoms with van der Waals surface area (Å²) in [6.45, 7) is 11.5. The number of nitrogens with zero attached hydrogens (tertiary/aromatic N) is 1. The molecule has 0 spiro atoms. The van der Waals surface area contributed by atoms with Gasteiger partial charge in [0.05, 0.1) is 0 Å². The Morgan fingerprint density at radius 3 is 2.82 bits per heavy atom. The van der Waals surface area contributed by atoms with Crippen LogP contribution in [0.5, 0.6) is 0 Å². The van der Waals surface area contributed by atoms with Crippen molar-refractivity contribution in [1.29, 1.82) is 0 Å². The number of hydrogen-bond acceptors (Lipinski definition) is 2. The summed E-state index contributed by atoms with van der Waals surface area (Å²) in [5, 5.41) is 3.51. The van der Waals surface area contributed by atoms with Gasteiger partial charge in [-0.1, -0.05) is 39.0 Å². The number of hydrogen-bond donors (Lipinski definition) is 1. The van der Waals surface area contributed by atoms with Crippen LogP contribution in [-0.2, 0) is 0 Å². The van der Waals surface area contributed by atoms with Gasteiger partial charge in [-0.05, 0) is 24.1 Å². The van der Waals surface area contributed by atoms with Crippen molar-refractivity contribution < 1.29 is 0 Å². The standard InChI is InChI=1S/C15H24N2/c1-4-17(10-12(2)3)11-13-9-16-15-8-6-5-7-14(13)15/h5-8,12-13,16H,4,9-11H2,1-3H3. The van der Waals surface area contributed by atoms with Gasteiger partial charge in [-0.25, -0.2) is 0 Å². The number of nitrogens with one attached hydrogen (secondary N) is 1. The number of benzene rings is 1. The third-order valence-electron chi connectivity index (χ3n) is 3.49. The third kappa shape index (κ3) is 3.01. The molecule has 0 amide bonds. The van der Waals surface area contributed by atoms with Gasteiger partial charge in [-0.2, -0.15) is 0 Å². The Morgan fingerprint density at radius 1 is 1.35 bits per heavy atom. The minimum absolute atomic E-state index is 0.657. The van der Waals surface area contributed by atoms with Crippen molar-refractivity contribution in [2.24, 2.45) is 5.92 Å². The fourth-order valence-electron chi connectivity index (χ4n) is 2.68. The molecule has 2 nitrogen and oxygen atoms in total. The first-order valence-electron chi connectivity index (χ1n) is 6.75. The van der Waals surface area contributed by atoms with Crippen molar-refractivity contribution in [3.05, 3.63) is 29.8 Å². The van der Waals surface area contributed by atoms with Crippen LogP contribution in [-0.4, -0.2) is 31.1 Å². The summed E-state index contributed by atoms with van der Waals surface area (Å²) in [5.74, 6) is 1.41. The smallest absolute Gasteiger partial charge is 0.0376 e. The molecule has 0 saturated heterocycles. The molecule has 1 unspecified atom stereocenters. The van der Waals surface area contributed by atoms with Gasteiger partial charge in [0.25, 0.3) is 0 Å². The van der Waals surface area contributed by atoms with Crippen molar-refractivity contribution in [3.8, 4) is 0 Å². The highest BCUT2D eigenvalue weighted by Gasteiger charge is 2.23. The molecule has 0 radical (unpaired) electrons. The number of likely N-dealkylation sites (N-methyl/N-ethyl adjacent to an activating group) is 1. The van der Waals surface area contributed by atoms with Gasteiger partial charge >= 0.3 is 0 Å². The number of anilines is 1. The summed E-state index contributed by atoms with van der Waals surface area (Å²) in [7, 11) is 0. The Labute approximate surface area is 105 Å². The molecule has 1 N–H and O–H groups in total. The fourth-order valence-corrected chi connectivity index (χ4v) is 2.68. The van der Waals surface area contributed by atoms with E-state index in [1.165, 1.54) is 24.3 Å². The van der Waals surface area contributed by atoms with Crippen LogP contribution in [0, 0.1) is 5.92 Å². The number of fused-ring (bicyclic) bond motifs is 1. The van der Waals surface area contributed by atoms with E-state index in [9.17, 15) is 0 Å². The summed E-state index contributed by atoms with van der Waals surface area (Å²) in [6, 6.07) is 8.72. The zero-order valence-electron chi connectivity index (χ0n) is 11.2. The van der Waals surface area contributed by atoms with Crippen molar-refractivity contribution in [3.63, 3.8) is 0 Å². The summed E-state index contributed by atoms with van der Waals surface area (Å²) < 4.78 is 0. The molecule has 94 valence electrons. The monoisotopic (exact) mass is 232 g/mol. The molecule has 0 aliphatic carbocycles. The Morgan fingerprint density at radius 2 is 2.12 bits per heavy atom. The highest BCUT2D eigenvalue weighted by atomic mass is 15.1. The maximum absolute atomic E-state index is 3.51. The quantitative estimate of drug-likeness (QED) is 0.839. The fraction of sp³-hybridized carbons (Fsp3) is 0.600. The Hall–Kier alpha value is -1.02. The van der Waals surface area contributed by atoms with Crippen molar-refractivity contribution in [2.75, 3.05) is 31.5 Å². The molecule has 2 heteroatoms. The molecular formula is C15H24N2. The van der Waals surface area contributed by atoms with Crippen molar-refractivity contribution >= 4 is 5.69 Å². The Bertz CT molecular complexity index is 360. The third-order valence-corrected chi connectivity index (χ3v) is 3.49. The summed E-state index contributed by atoms with van der Waals surface area (Å²) >= 11 is 0. The molecule has 1 aliphatic heterocycles. The Kier molecular flexibility index (Phi) is 4.06. The molecule has 17 heavy (non-hydrogen) atoms. The van der Waals surface area contributed by atoms with E-state index in [0.29, 0.717) is 5.92 Å². The zero-order valence-corrected chi connectivity index (χ0v) is 11.2. The average Bonchev–Trinajstić information content (AvgIpc) is 2.71. The van der Waals surface area contributed by atoms with E-state index in [1.54, 1.807) is 0 Å². The lowest BCUT2D eigenvalue weighted by atomic mass is 10.0. The van der Waals surface area contributed by atoms with E-state index in [4.69, 9.17) is 0 Å². The van der Waals surface area contributed by atoms with E-state index in [2.05, 4.69) is 55.3 Å². The second-order valence-corrected chi connectivity index (χ2v) is 5.41. The number of rotatable bonds is 5. The first-order valence-corrected chi connectivity index (χ1v) is 6.75. The van der Waals surface area contributed by atoms with Gasteiger partial charge in [0.15, 0.2) is 0 Å². The molecular weight excluding hydrogens is 208 g/mol. The minimum atomic E-state index is 0.657. The van der Waals surface area contributed by atoms with Crippen LogP contribution < -0.4 is 5.32 Å². The lowest BCUT2D eigenvalue weighted by Gasteiger charge is -2.25. The van der Waals surface area contributed by atoms with E-state index < -0.39 is 0 Å². The average molecular weight is 232 g/mol. The van der Waals surface area contributed by atoms with Gasteiger partial charge in [-0.15, -0.1) is 0 Å². The molecule has 0 saturated carbocycles. The van der Waals surface area contributed by atoms with Crippen molar-refractivity contribution in [1.82, 2.24) is 4.90 Å². The van der Waals surface area contributed by atoms with Crippen LogP contribution in [0.1, 0.15) is 32.3 Å². The van der Waals surface area contributed by atoms with Crippen LogP contribution in [0.25, 0.3) is 0 Å². The van der Waals surface area contributed by atoms with E-state index >= 15 is 0 Å². The normalized spacial score (nSPS) is 18.5. The summed E-state index contributed by atoms with van der Waals surface area (Å²) in [5.41, 5.74) is 2.83. The van der Waals surface area contributed by atoms with E-state index in [-0.39, 0.29) is 0 Å². The van der Waals surface area contributed by atoms with Crippen LogP contribution in [0.2, 0.25) is 0 Å². The van der Waals surface area contributed by atoms with Crippen LogP contribution in [0.4, 0.5) is 5.69 Å². The number of para-hydroxylation sites is 1. The predicted octanol–water partition coefficient (Wildman–Crippen LogP) is 3.17. The lowest BCUT2D eigenvalue weighted by molar-refractivity contribution is 0.245. The zero-order chi connectivity index (χ0) is 12.3. The molecule has 2 rings (SSSR count). The second-order valence-electron chi connectivity index (χ2n) is 5.41. The van der Waals surface area contributed by atoms with Crippen LogP contribution in [0.3, 0.4) is 0 Å². The van der Waals surface area contributed by atoms with Crippen molar-refractivity contribution in [2.45, 2.75) is 26.7 Å². The van der Waals surface area contributed by atoms with Crippen LogP contribution in [0.15, 0.2) is 24.3 Å². The van der Waals surface area contributed by atoms with E-state index in [1.807, 2.05) is 0 Å². The molecule has 1 aromatic rings. The van der Waals surface area contributed by atoms with Gasteiger partial charge in [0.2, 0.25) is 0 Å². The van der Waals surface area contributed by atoms with Gasteiger partial charge < -0.3 is 10.2 Å². The highest BCUT2D eigenvalue weighted by Crippen LogP contribution is 2.31. The predicted molar refractivity (Wildman–Crippen MR) is 74.6 cm³/mol. The van der Waals surface area contributed by atoms with Gasteiger partial charge in [0.1, 0.15) is 0 Å². The van der Waals surface area contributed by atoms with Gasteiger partial charge in [0, 0.05) is 31.2 Å². The van der Waals surface area contributed by atoms with Gasteiger partial charge in [-0.3, -0.25) is 0 Å². The molecule has 1 aromatic carbocycles. The topological polar surface area (TPSA) is 15.3 Å².